The Bertz CT molecular complexity index is 616. The first kappa shape index (κ1) is 17.2. The highest BCUT2D eigenvalue weighted by Gasteiger charge is 2.31. The normalized spacial score (nSPS) is 19.8. The van der Waals surface area contributed by atoms with Crippen molar-refractivity contribution in [3.05, 3.63) is 29.3 Å². The van der Waals surface area contributed by atoms with E-state index in [-0.39, 0.29) is 24.1 Å². The van der Waals surface area contributed by atoms with Gasteiger partial charge in [-0.05, 0) is 43.5 Å². The van der Waals surface area contributed by atoms with Gasteiger partial charge in [-0.2, -0.15) is 0 Å². The number of sulfonamides is 1. The maximum Gasteiger partial charge on any atom is 0.228 e. The SMILES string of the molecule is CCCS(=O)(=O)N1CCC[C@H](C(=O)Nc2ccc(Cl)cc2)C1. The van der Waals surface area contributed by atoms with Crippen LogP contribution in [0.4, 0.5) is 5.69 Å². The number of benzene rings is 1. The summed E-state index contributed by atoms with van der Waals surface area (Å²) in [6.07, 6.45) is 2.00. The van der Waals surface area contributed by atoms with Gasteiger partial charge in [-0.15, -0.1) is 0 Å². The largest absolute Gasteiger partial charge is 0.326 e. The monoisotopic (exact) mass is 344 g/mol. The molecule has 0 aliphatic carbocycles. The highest BCUT2D eigenvalue weighted by Crippen LogP contribution is 2.22. The van der Waals surface area contributed by atoms with E-state index in [4.69, 9.17) is 11.6 Å². The van der Waals surface area contributed by atoms with Crippen LogP contribution in [0, 0.1) is 5.92 Å². The third-order valence-corrected chi connectivity index (χ3v) is 6.02. The van der Waals surface area contributed by atoms with Crippen LogP contribution < -0.4 is 5.32 Å². The summed E-state index contributed by atoms with van der Waals surface area (Å²) >= 11 is 5.81. The van der Waals surface area contributed by atoms with Gasteiger partial charge < -0.3 is 5.32 Å². The molecular weight excluding hydrogens is 324 g/mol. The van der Waals surface area contributed by atoms with Gasteiger partial charge in [0.25, 0.3) is 0 Å². The molecule has 1 N–H and O–H groups in total. The third-order valence-electron chi connectivity index (χ3n) is 3.72. The minimum absolute atomic E-state index is 0.137. The summed E-state index contributed by atoms with van der Waals surface area (Å²) in [5.41, 5.74) is 0.669. The van der Waals surface area contributed by atoms with Crippen molar-refractivity contribution in [3.63, 3.8) is 0 Å². The lowest BCUT2D eigenvalue weighted by Gasteiger charge is -2.31. The van der Waals surface area contributed by atoms with E-state index < -0.39 is 10.0 Å². The number of amides is 1. The highest BCUT2D eigenvalue weighted by atomic mass is 35.5. The van der Waals surface area contributed by atoms with Gasteiger partial charge >= 0.3 is 0 Å². The van der Waals surface area contributed by atoms with Crippen molar-refractivity contribution >= 4 is 33.2 Å². The molecule has 0 radical (unpaired) electrons. The van der Waals surface area contributed by atoms with Crippen LogP contribution in [0.15, 0.2) is 24.3 Å². The van der Waals surface area contributed by atoms with Gasteiger partial charge in [-0.1, -0.05) is 18.5 Å². The predicted molar refractivity (Wildman–Crippen MR) is 88.5 cm³/mol. The molecule has 7 heteroatoms. The van der Waals surface area contributed by atoms with Crippen LogP contribution in [-0.4, -0.2) is 37.5 Å². The van der Waals surface area contributed by atoms with Crippen molar-refractivity contribution < 1.29 is 13.2 Å². The molecule has 0 aromatic heterocycles. The second-order valence-electron chi connectivity index (χ2n) is 5.51. The van der Waals surface area contributed by atoms with E-state index in [0.717, 1.165) is 0 Å². The number of piperidine rings is 1. The van der Waals surface area contributed by atoms with E-state index >= 15 is 0 Å². The van der Waals surface area contributed by atoms with E-state index in [1.165, 1.54) is 4.31 Å². The zero-order valence-electron chi connectivity index (χ0n) is 12.6. The minimum Gasteiger partial charge on any atom is -0.326 e. The molecule has 0 spiro atoms. The average Bonchev–Trinajstić information content (AvgIpc) is 2.50. The molecule has 2 rings (SSSR count). The van der Waals surface area contributed by atoms with Crippen LogP contribution in [0.1, 0.15) is 26.2 Å². The molecule has 1 aliphatic heterocycles. The molecule has 5 nitrogen and oxygen atoms in total. The molecule has 1 fully saturated rings. The summed E-state index contributed by atoms with van der Waals surface area (Å²) in [6.45, 7) is 2.61. The van der Waals surface area contributed by atoms with Crippen LogP contribution in [0.25, 0.3) is 0 Å². The van der Waals surface area contributed by atoms with E-state index in [0.29, 0.717) is 36.5 Å². The number of hydrogen-bond donors (Lipinski definition) is 1. The molecule has 1 heterocycles. The smallest absolute Gasteiger partial charge is 0.228 e. The minimum atomic E-state index is -3.24. The Kier molecular flexibility index (Phi) is 5.83. The van der Waals surface area contributed by atoms with E-state index in [2.05, 4.69) is 5.32 Å². The molecule has 1 amide bonds. The first-order valence-corrected chi connectivity index (χ1v) is 9.45. The number of nitrogens with zero attached hydrogens (tertiary/aromatic N) is 1. The Morgan fingerprint density at radius 1 is 1.36 bits per heavy atom. The van der Waals surface area contributed by atoms with Crippen molar-refractivity contribution in [1.29, 1.82) is 0 Å². The van der Waals surface area contributed by atoms with Gasteiger partial charge in [0, 0.05) is 23.8 Å². The summed E-state index contributed by atoms with van der Waals surface area (Å²) in [7, 11) is -3.24. The van der Waals surface area contributed by atoms with Gasteiger partial charge in [-0.3, -0.25) is 4.79 Å². The maximum absolute atomic E-state index is 12.3. The number of rotatable bonds is 5. The number of halogens is 1. The first-order chi connectivity index (χ1) is 10.4. The fourth-order valence-corrected chi connectivity index (χ4v) is 4.29. The highest BCUT2D eigenvalue weighted by molar-refractivity contribution is 7.89. The standard InChI is InChI=1S/C15H21ClN2O3S/c1-2-10-22(20,21)18-9-3-4-12(11-18)15(19)17-14-7-5-13(16)6-8-14/h5-8,12H,2-4,9-11H2,1H3,(H,17,19)/t12-/m0/s1. The zero-order chi connectivity index (χ0) is 16.2. The Morgan fingerprint density at radius 2 is 2.05 bits per heavy atom. The van der Waals surface area contributed by atoms with E-state index in [9.17, 15) is 13.2 Å². The van der Waals surface area contributed by atoms with Crippen LogP contribution >= 0.6 is 11.6 Å². The fraction of sp³-hybridized carbons (Fsp3) is 0.533. The molecule has 0 bridgehead atoms. The van der Waals surface area contributed by atoms with Gasteiger partial charge in [-0.25, -0.2) is 12.7 Å². The summed E-state index contributed by atoms with van der Waals surface area (Å²) in [5.74, 6) is -0.312. The quantitative estimate of drug-likeness (QED) is 0.893. The van der Waals surface area contributed by atoms with Crippen LogP contribution in [0.2, 0.25) is 5.02 Å². The first-order valence-electron chi connectivity index (χ1n) is 7.46. The van der Waals surface area contributed by atoms with Crippen molar-refractivity contribution in [2.45, 2.75) is 26.2 Å². The molecule has 0 saturated carbocycles. The molecule has 1 aliphatic rings. The van der Waals surface area contributed by atoms with Crippen molar-refractivity contribution in [3.8, 4) is 0 Å². The molecule has 1 atom stereocenters. The Labute approximate surface area is 136 Å². The lowest BCUT2D eigenvalue weighted by molar-refractivity contribution is -0.120. The fourth-order valence-electron chi connectivity index (χ4n) is 2.57. The van der Waals surface area contributed by atoms with Crippen molar-refractivity contribution in [2.75, 3.05) is 24.2 Å². The summed E-state index contributed by atoms with van der Waals surface area (Å²) in [5, 5.41) is 3.43. The number of anilines is 1. The Morgan fingerprint density at radius 3 is 2.68 bits per heavy atom. The van der Waals surface area contributed by atoms with E-state index in [1.807, 2.05) is 6.92 Å². The molecule has 122 valence electrons. The number of carbonyl (C=O) groups excluding carboxylic acids is 1. The van der Waals surface area contributed by atoms with Gasteiger partial charge in [0.05, 0.1) is 11.7 Å². The van der Waals surface area contributed by atoms with Crippen LogP contribution in [0.5, 0.6) is 0 Å². The summed E-state index contributed by atoms with van der Waals surface area (Å²) in [6, 6.07) is 6.87. The second kappa shape index (κ2) is 7.44. The topological polar surface area (TPSA) is 66.5 Å². The third kappa shape index (κ3) is 4.44. The van der Waals surface area contributed by atoms with Gasteiger partial charge in [0.15, 0.2) is 0 Å². The molecule has 0 unspecified atom stereocenters. The molecular formula is C15H21ClN2O3S. The Balaban J connectivity index is 1.99. The zero-order valence-corrected chi connectivity index (χ0v) is 14.2. The van der Waals surface area contributed by atoms with Crippen molar-refractivity contribution in [2.24, 2.45) is 5.92 Å². The molecule has 1 aromatic carbocycles. The lowest BCUT2D eigenvalue weighted by Crippen LogP contribution is -2.44. The molecule has 22 heavy (non-hydrogen) atoms. The number of hydrogen-bond acceptors (Lipinski definition) is 3. The average molecular weight is 345 g/mol. The number of nitrogens with one attached hydrogen (secondary N) is 1. The predicted octanol–water partition coefficient (Wildman–Crippen LogP) is 2.73. The second-order valence-corrected chi connectivity index (χ2v) is 8.03. The lowest BCUT2D eigenvalue weighted by atomic mass is 9.99. The maximum atomic E-state index is 12.3. The van der Waals surface area contributed by atoms with Gasteiger partial charge in [0.2, 0.25) is 15.9 Å². The summed E-state index contributed by atoms with van der Waals surface area (Å²) in [4.78, 5) is 12.3. The summed E-state index contributed by atoms with van der Waals surface area (Å²) < 4.78 is 25.7. The number of carbonyl (C=O) groups is 1. The Hall–Kier alpha value is -1.11. The molecule has 1 saturated heterocycles. The van der Waals surface area contributed by atoms with Crippen molar-refractivity contribution in [1.82, 2.24) is 4.31 Å². The molecule has 1 aromatic rings. The van der Waals surface area contributed by atoms with E-state index in [1.54, 1.807) is 24.3 Å². The van der Waals surface area contributed by atoms with Crippen LogP contribution in [0.3, 0.4) is 0 Å². The van der Waals surface area contributed by atoms with Gasteiger partial charge in [0.1, 0.15) is 0 Å². The van der Waals surface area contributed by atoms with Crippen LogP contribution in [-0.2, 0) is 14.8 Å².